The first-order valence-corrected chi connectivity index (χ1v) is 8.57. The highest BCUT2D eigenvalue weighted by molar-refractivity contribution is 8.00. The van der Waals surface area contributed by atoms with Gasteiger partial charge < -0.3 is 20.7 Å². The molecule has 0 saturated heterocycles. The summed E-state index contributed by atoms with van der Waals surface area (Å²) in [6.07, 6.45) is -0.991. The molecule has 0 aliphatic rings. The van der Waals surface area contributed by atoms with Gasteiger partial charge in [0.15, 0.2) is 0 Å². The van der Waals surface area contributed by atoms with Gasteiger partial charge in [0.2, 0.25) is 17.4 Å². The normalized spacial score (nSPS) is 11.6. The summed E-state index contributed by atoms with van der Waals surface area (Å²) in [4.78, 5) is 37.6. The summed E-state index contributed by atoms with van der Waals surface area (Å²) in [5, 5.41) is 15.3. The molecule has 2 aromatic rings. The molecule has 132 valence electrons. The van der Waals surface area contributed by atoms with Crippen LogP contribution in [0.25, 0.3) is 0 Å². The maximum absolute atomic E-state index is 12.0. The van der Waals surface area contributed by atoms with Gasteiger partial charge in [0.05, 0.1) is 11.4 Å². The number of anilines is 1. The number of aromatic nitrogens is 1. The Bertz CT molecular complexity index is 806. The zero-order valence-electron chi connectivity index (χ0n) is 13.6. The molecule has 25 heavy (non-hydrogen) atoms. The Morgan fingerprint density at radius 2 is 1.96 bits per heavy atom. The second kappa shape index (κ2) is 9.05. The highest BCUT2D eigenvalue weighted by atomic mass is 32.2. The Morgan fingerprint density at radius 3 is 2.68 bits per heavy atom. The van der Waals surface area contributed by atoms with Crippen molar-refractivity contribution in [1.82, 2.24) is 10.3 Å². The third-order valence-electron chi connectivity index (χ3n) is 3.20. The van der Waals surface area contributed by atoms with Crippen molar-refractivity contribution in [3.05, 3.63) is 58.5 Å². The minimum atomic E-state index is -0.991. The molecule has 2 rings (SSSR count). The maximum Gasteiger partial charge on any atom is 0.248 e. The molecule has 1 heterocycles. The molecule has 0 radical (unpaired) electrons. The minimum Gasteiger partial charge on any atom is -0.385 e. The summed E-state index contributed by atoms with van der Waals surface area (Å²) in [5.74, 6) is -0.313. The Balaban J connectivity index is 1.85. The van der Waals surface area contributed by atoms with Gasteiger partial charge in [0, 0.05) is 30.1 Å². The number of aliphatic hydroxyl groups is 1. The topological polar surface area (TPSA) is 111 Å². The van der Waals surface area contributed by atoms with E-state index >= 15 is 0 Å². The van der Waals surface area contributed by atoms with E-state index in [-0.39, 0.29) is 29.7 Å². The average Bonchev–Trinajstić information content (AvgIpc) is 2.58. The molecule has 4 N–H and O–H groups in total. The van der Waals surface area contributed by atoms with E-state index in [1.165, 1.54) is 30.8 Å². The molecule has 1 atom stereocenters. The van der Waals surface area contributed by atoms with Gasteiger partial charge in [-0.3, -0.25) is 14.4 Å². The summed E-state index contributed by atoms with van der Waals surface area (Å²) in [6, 6.07) is 11.7. The Kier molecular flexibility index (Phi) is 6.79. The zero-order valence-corrected chi connectivity index (χ0v) is 14.4. The minimum absolute atomic E-state index is 0.00725. The molecule has 0 saturated carbocycles. The van der Waals surface area contributed by atoms with Gasteiger partial charge in [-0.05, 0) is 18.2 Å². The number of pyridine rings is 1. The number of amides is 2. The second-order valence-electron chi connectivity index (χ2n) is 5.26. The molecule has 1 aromatic heterocycles. The van der Waals surface area contributed by atoms with Crippen LogP contribution in [-0.2, 0) is 9.59 Å². The number of thioether (sulfide) groups is 1. The Labute approximate surface area is 148 Å². The summed E-state index contributed by atoms with van der Waals surface area (Å²) >= 11 is 1.28. The van der Waals surface area contributed by atoms with Gasteiger partial charge in [-0.15, -0.1) is 11.8 Å². The first-order chi connectivity index (χ1) is 12.0. The monoisotopic (exact) mass is 361 g/mol. The third kappa shape index (κ3) is 6.09. The summed E-state index contributed by atoms with van der Waals surface area (Å²) in [5.41, 5.74) is 0.680. The SMILES string of the molecule is CC(=O)Nc1ccccc1SCC(=O)NCC(O)c1cccc(=O)[nH]1. The lowest BCUT2D eigenvalue weighted by Crippen LogP contribution is -2.30. The number of H-pyrrole nitrogens is 1. The van der Waals surface area contributed by atoms with Crippen LogP contribution >= 0.6 is 11.8 Å². The molecule has 1 unspecified atom stereocenters. The van der Waals surface area contributed by atoms with Crippen LogP contribution in [-0.4, -0.2) is 34.2 Å². The molecular formula is C17H19N3O4S. The van der Waals surface area contributed by atoms with Gasteiger partial charge in [-0.1, -0.05) is 18.2 Å². The van der Waals surface area contributed by atoms with E-state index < -0.39 is 6.10 Å². The van der Waals surface area contributed by atoms with Crippen molar-refractivity contribution in [3.63, 3.8) is 0 Å². The van der Waals surface area contributed by atoms with Gasteiger partial charge in [0.25, 0.3) is 0 Å². The van der Waals surface area contributed by atoms with Crippen LogP contribution in [0.3, 0.4) is 0 Å². The van der Waals surface area contributed by atoms with E-state index in [1.54, 1.807) is 18.2 Å². The first-order valence-electron chi connectivity index (χ1n) is 7.59. The molecule has 2 amide bonds. The predicted octanol–water partition coefficient (Wildman–Crippen LogP) is 1.28. The van der Waals surface area contributed by atoms with Gasteiger partial charge in [-0.2, -0.15) is 0 Å². The lowest BCUT2D eigenvalue weighted by molar-refractivity contribution is -0.119. The summed E-state index contributed by atoms with van der Waals surface area (Å²) in [7, 11) is 0. The summed E-state index contributed by atoms with van der Waals surface area (Å²) in [6.45, 7) is 1.41. The van der Waals surface area contributed by atoms with E-state index in [4.69, 9.17) is 0 Å². The number of carbonyl (C=O) groups excluding carboxylic acids is 2. The number of benzene rings is 1. The molecule has 0 bridgehead atoms. The van der Waals surface area contributed by atoms with Crippen molar-refractivity contribution < 1.29 is 14.7 Å². The molecule has 0 aliphatic carbocycles. The van der Waals surface area contributed by atoms with Crippen LogP contribution < -0.4 is 16.2 Å². The van der Waals surface area contributed by atoms with Crippen LogP contribution in [0.1, 0.15) is 18.7 Å². The van der Waals surface area contributed by atoms with Crippen molar-refractivity contribution in [3.8, 4) is 0 Å². The first kappa shape index (κ1) is 18.8. The predicted molar refractivity (Wildman–Crippen MR) is 96.5 cm³/mol. The van der Waals surface area contributed by atoms with E-state index in [2.05, 4.69) is 15.6 Å². The van der Waals surface area contributed by atoms with Crippen LogP contribution in [0.15, 0.2) is 52.2 Å². The number of para-hydroxylation sites is 1. The molecule has 0 spiro atoms. The van der Waals surface area contributed by atoms with Crippen molar-refractivity contribution in [2.24, 2.45) is 0 Å². The van der Waals surface area contributed by atoms with Crippen LogP contribution in [0.5, 0.6) is 0 Å². The quantitative estimate of drug-likeness (QED) is 0.555. The van der Waals surface area contributed by atoms with E-state index in [1.807, 2.05) is 12.1 Å². The smallest absolute Gasteiger partial charge is 0.248 e. The number of rotatable bonds is 7. The van der Waals surface area contributed by atoms with Crippen molar-refractivity contribution in [1.29, 1.82) is 0 Å². The van der Waals surface area contributed by atoms with Gasteiger partial charge in [-0.25, -0.2) is 0 Å². The standard InChI is InChI=1S/C17H19N3O4S/c1-11(21)19-13-5-2-3-7-15(13)25-10-17(24)18-9-14(22)12-6-4-8-16(23)20-12/h2-8,14,22H,9-10H2,1H3,(H,18,24)(H,19,21)(H,20,23). The molecular weight excluding hydrogens is 342 g/mol. The Hall–Kier alpha value is -2.58. The number of carbonyl (C=O) groups is 2. The lowest BCUT2D eigenvalue weighted by Gasteiger charge is -2.12. The highest BCUT2D eigenvalue weighted by Crippen LogP contribution is 2.26. The molecule has 1 aromatic carbocycles. The number of hydrogen-bond donors (Lipinski definition) is 4. The van der Waals surface area contributed by atoms with E-state index in [9.17, 15) is 19.5 Å². The average molecular weight is 361 g/mol. The molecule has 0 fully saturated rings. The van der Waals surface area contributed by atoms with Crippen molar-refractivity contribution in [2.75, 3.05) is 17.6 Å². The maximum atomic E-state index is 12.0. The fraction of sp³-hybridized carbons (Fsp3) is 0.235. The molecule has 8 heteroatoms. The Morgan fingerprint density at radius 1 is 1.20 bits per heavy atom. The fourth-order valence-corrected chi connectivity index (χ4v) is 2.90. The lowest BCUT2D eigenvalue weighted by atomic mass is 10.2. The number of aromatic amines is 1. The summed E-state index contributed by atoms with van der Waals surface area (Å²) < 4.78 is 0. The fourth-order valence-electron chi connectivity index (χ4n) is 2.06. The third-order valence-corrected chi connectivity index (χ3v) is 4.27. The van der Waals surface area contributed by atoms with Crippen molar-refractivity contribution >= 4 is 29.3 Å². The van der Waals surface area contributed by atoms with Crippen LogP contribution in [0.4, 0.5) is 5.69 Å². The van der Waals surface area contributed by atoms with Gasteiger partial charge >= 0.3 is 0 Å². The largest absolute Gasteiger partial charge is 0.385 e. The van der Waals surface area contributed by atoms with Crippen LogP contribution in [0.2, 0.25) is 0 Å². The highest BCUT2D eigenvalue weighted by Gasteiger charge is 2.11. The number of nitrogens with one attached hydrogen (secondary N) is 3. The molecule has 7 nitrogen and oxygen atoms in total. The van der Waals surface area contributed by atoms with E-state index in [0.717, 1.165) is 4.90 Å². The zero-order chi connectivity index (χ0) is 18.2. The second-order valence-corrected chi connectivity index (χ2v) is 6.27. The number of aliphatic hydroxyl groups excluding tert-OH is 1. The molecule has 0 aliphatic heterocycles. The van der Waals surface area contributed by atoms with Gasteiger partial charge in [0.1, 0.15) is 6.10 Å². The van der Waals surface area contributed by atoms with E-state index in [0.29, 0.717) is 11.4 Å². The van der Waals surface area contributed by atoms with Crippen molar-refractivity contribution in [2.45, 2.75) is 17.9 Å². The van der Waals surface area contributed by atoms with Crippen LogP contribution in [0, 0.1) is 0 Å². The number of hydrogen-bond acceptors (Lipinski definition) is 5.